The number of carbonyl (C=O) groups excluding carboxylic acids is 2. The highest BCUT2D eigenvalue weighted by Crippen LogP contribution is 2.59. The zero-order valence-electron chi connectivity index (χ0n) is 27.8. The van der Waals surface area contributed by atoms with Crippen molar-refractivity contribution in [2.24, 2.45) is 23.2 Å². The minimum absolute atomic E-state index is 0.00190. The lowest BCUT2D eigenvalue weighted by Gasteiger charge is -2.42. The second-order valence-corrected chi connectivity index (χ2v) is 13.8. The topological polar surface area (TPSA) is 52.6 Å². The number of rotatable bonds is 23. The Morgan fingerprint density at radius 3 is 1.71 bits per heavy atom. The lowest BCUT2D eigenvalue weighted by atomic mass is 9.55. The van der Waals surface area contributed by atoms with E-state index in [1.807, 2.05) is 13.8 Å². The fourth-order valence-corrected chi connectivity index (χ4v) is 8.08. The van der Waals surface area contributed by atoms with Crippen LogP contribution >= 0.6 is 0 Å². The Balaban J connectivity index is 1.55. The van der Waals surface area contributed by atoms with Gasteiger partial charge in [0.1, 0.15) is 12.2 Å². The highest BCUT2D eigenvalue weighted by Gasteiger charge is 2.65. The maximum atomic E-state index is 13.7. The van der Waals surface area contributed by atoms with Gasteiger partial charge in [-0.3, -0.25) is 4.79 Å². The summed E-state index contributed by atoms with van der Waals surface area (Å²) in [6, 6.07) is 0. The second-order valence-electron chi connectivity index (χ2n) is 13.8. The van der Waals surface area contributed by atoms with E-state index in [0.29, 0.717) is 0 Å². The average molecular weight is 585 g/mol. The van der Waals surface area contributed by atoms with Crippen LogP contribution in [0.25, 0.3) is 0 Å². The molecule has 4 nitrogen and oxygen atoms in total. The predicted molar refractivity (Wildman–Crippen MR) is 174 cm³/mol. The molecule has 2 saturated heterocycles. The van der Waals surface area contributed by atoms with Gasteiger partial charge >= 0.3 is 11.9 Å². The molecular weight excluding hydrogens is 520 g/mol. The zero-order chi connectivity index (χ0) is 30.2. The zero-order valence-corrected chi connectivity index (χ0v) is 27.8. The predicted octanol–water partition coefficient (Wildman–Crippen LogP) is 10.8. The summed E-state index contributed by atoms with van der Waals surface area (Å²) in [5.74, 6) is -0.371. The molecule has 0 aromatic carbocycles. The molecule has 0 bridgehead atoms. The third-order valence-corrected chi connectivity index (χ3v) is 10.5. The molecule has 2 aliphatic heterocycles. The number of carbonyl (C=O) groups is 2. The first-order valence-electron chi connectivity index (χ1n) is 18.3. The van der Waals surface area contributed by atoms with Gasteiger partial charge in [0.15, 0.2) is 0 Å². The molecule has 3 rings (SSSR count). The van der Waals surface area contributed by atoms with Gasteiger partial charge < -0.3 is 9.47 Å². The van der Waals surface area contributed by atoms with Gasteiger partial charge in [0, 0.05) is 17.4 Å². The van der Waals surface area contributed by atoms with Crippen molar-refractivity contribution in [3.8, 4) is 0 Å². The molecule has 0 unspecified atom stereocenters. The van der Waals surface area contributed by atoms with Crippen molar-refractivity contribution in [3.63, 3.8) is 0 Å². The summed E-state index contributed by atoms with van der Waals surface area (Å²) in [6.45, 7) is 8.55. The van der Waals surface area contributed by atoms with Crippen LogP contribution < -0.4 is 0 Å². The Labute approximate surface area is 258 Å². The first-order valence-corrected chi connectivity index (χ1v) is 18.3. The number of allylic oxidation sites excluding steroid dienone is 2. The Bertz CT molecular complexity index is 859. The quantitative estimate of drug-likeness (QED) is 0.0681. The summed E-state index contributed by atoms with van der Waals surface area (Å²) in [5, 5.41) is 0. The number of hydrogen-bond acceptors (Lipinski definition) is 4. The van der Waals surface area contributed by atoms with E-state index in [-0.39, 0.29) is 41.9 Å². The maximum Gasteiger partial charge on any atom is 0.334 e. The summed E-state index contributed by atoms with van der Waals surface area (Å²) < 4.78 is 11.7. The van der Waals surface area contributed by atoms with Crippen LogP contribution in [0.4, 0.5) is 0 Å². The number of unbranched alkanes of at least 4 members (excludes halogenated alkanes) is 19. The van der Waals surface area contributed by atoms with Gasteiger partial charge in [-0.05, 0) is 39.0 Å². The number of hydrogen-bond donors (Lipinski definition) is 0. The molecule has 2 fully saturated rings. The summed E-state index contributed by atoms with van der Waals surface area (Å²) in [5.41, 5.74) is 0.126. The molecule has 4 heteroatoms. The van der Waals surface area contributed by atoms with E-state index < -0.39 is 5.41 Å². The van der Waals surface area contributed by atoms with Crippen molar-refractivity contribution in [1.29, 1.82) is 0 Å². The first kappa shape index (κ1) is 34.9. The van der Waals surface area contributed by atoms with Crippen molar-refractivity contribution in [3.05, 3.63) is 23.8 Å². The van der Waals surface area contributed by atoms with E-state index in [1.54, 1.807) is 0 Å². The molecule has 3 aliphatic rings. The van der Waals surface area contributed by atoms with E-state index in [2.05, 4.69) is 32.1 Å². The maximum absolute atomic E-state index is 13.7. The standard InChI is InChI=1S/C38H64O4/c1-5-7-9-11-13-15-17-18-20-22-24-26-28-38-32(27-25-23-21-19-16-14-12-10-8-6-2)29-33-34(30(3)41-36(33)39)35(38)31(4)42-37(38)40/h26,28-32,34-35H,5-25,27H2,1-4H3/b28-26+/t30-,31-,32+,34+,35+,38-/m0/s1. The van der Waals surface area contributed by atoms with Crippen molar-refractivity contribution in [2.45, 2.75) is 181 Å². The van der Waals surface area contributed by atoms with Crippen LogP contribution in [0, 0.1) is 23.2 Å². The third kappa shape index (κ3) is 9.46. The second kappa shape index (κ2) is 18.9. The van der Waals surface area contributed by atoms with Gasteiger partial charge in [0.05, 0.1) is 5.41 Å². The summed E-state index contributed by atoms with van der Waals surface area (Å²) >= 11 is 0. The molecule has 0 radical (unpaired) electrons. The molecule has 0 N–H and O–H groups in total. The number of ether oxygens (including phenoxy) is 2. The molecule has 2 heterocycles. The van der Waals surface area contributed by atoms with Crippen LogP contribution in [0.3, 0.4) is 0 Å². The van der Waals surface area contributed by atoms with Gasteiger partial charge in [-0.25, -0.2) is 4.79 Å². The Kier molecular flexibility index (Phi) is 15.7. The van der Waals surface area contributed by atoms with Crippen molar-refractivity contribution >= 4 is 11.9 Å². The van der Waals surface area contributed by atoms with Gasteiger partial charge in [0.25, 0.3) is 0 Å². The van der Waals surface area contributed by atoms with Crippen LogP contribution in [0.15, 0.2) is 23.8 Å². The van der Waals surface area contributed by atoms with Crippen LogP contribution in [-0.4, -0.2) is 24.1 Å². The van der Waals surface area contributed by atoms with Crippen LogP contribution in [-0.2, 0) is 19.1 Å². The Morgan fingerprint density at radius 2 is 1.17 bits per heavy atom. The van der Waals surface area contributed by atoms with Crippen molar-refractivity contribution < 1.29 is 19.1 Å². The number of cyclic esters (lactones) is 2. The third-order valence-electron chi connectivity index (χ3n) is 10.5. The van der Waals surface area contributed by atoms with Gasteiger partial charge in [0.2, 0.25) is 0 Å². The lowest BCUT2D eigenvalue weighted by Crippen LogP contribution is -2.47. The van der Waals surface area contributed by atoms with Gasteiger partial charge in [-0.15, -0.1) is 0 Å². The average Bonchev–Trinajstić information content (AvgIpc) is 3.40. The number of fused-ring (bicyclic) bond motifs is 3. The normalized spacial score (nSPS) is 28.6. The minimum Gasteiger partial charge on any atom is -0.462 e. The van der Waals surface area contributed by atoms with Crippen LogP contribution in [0.1, 0.15) is 169 Å². The van der Waals surface area contributed by atoms with E-state index in [9.17, 15) is 9.59 Å². The SMILES string of the molecule is CCCCCCCCCCCC/C=C/[C@@]12C(=O)O[C@@H](C)[C@@H]1[C@H]1C(=C[C@H]2CCCCCCCCCCCC)C(=O)O[C@H]1C. The molecule has 0 spiro atoms. The molecule has 6 atom stereocenters. The highest BCUT2D eigenvalue weighted by molar-refractivity contribution is 5.94. The highest BCUT2D eigenvalue weighted by atomic mass is 16.6. The van der Waals surface area contributed by atoms with Crippen LogP contribution in [0.2, 0.25) is 0 Å². The fraction of sp³-hybridized carbons (Fsp3) is 0.842. The first-order chi connectivity index (χ1) is 20.5. The molecule has 1 aliphatic carbocycles. The van der Waals surface area contributed by atoms with E-state index in [1.165, 1.54) is 122 Å². The lowest BCUT2D eigenvalue weighted by molar-refractivity contribution is -0.148. The molecule has 42 heavy (non-hydrogen) atoms. The molecule has 0 aromatic heterocycles. The summed E-state index contributed by atoms with van der Waals surface area (Å²) in [7, 11) is 0. The molecular formula is C38H64O4. The van der Waals surface area contributed by atoms with Gasteiger partial charge in [-0.2, -0.15) is 0 Å². The molecule has 0 aromatic rings. The van der Waals surface area contributed by atoms with E-state index in [0.717, 1.165) is 24.8 Å². The minimum atomic E-state index is -0.673. The smallest absolute Gasteiger partial charge is 0.334 e. The van der Waals surface area contributed by atoms with E-state index in [4.69, 9.17) is 9.47 Å². The van der Waals surface area contributed by atoms with Gasteiger partial charge in [-0.1, -0.05) is 154 Å². The fourth-order valence-electron chi connectivity index (χ4n) is 8.08. The number of esters is 2. The summed E-state index contributed by atoms with van der Waals surface area (Å²) in [6.07, 6.45) is 34.3. The molecule has 0 saturated carbocycles. The Morgan fingerprint density at radius 1 is 0.667 bits per heavy atom. The van der Waals surface area contributed by atoms with Crippen molar-refractivity contribution in [2.75, 3.05) is 0 Å². The summed E-state index contributed by atoms with van der Waals surface area (Å²) in [4.78, 5) is 26.5. The van der Waals surface area contributed by atoms with Crippen LogP contribution in [0.5, 0.6) is 0 Å². The molecule has 0 amide bonds. The Hall–Kier alpha value is -1.58. The largest absolute Gasteiger partial charge is 0.462 e. The monoisotopic (exact) mass is 584 g/mol. The van der Waals surface area contributed by atoms with Crippen molar-refractivity contribution in [1.82, 2.24) is 0 Å². The van der Waals surface area contributed by atoms with E-state index >= 15 is 0 Å². The molecule has 240 valence electrons.